The number of ether oxygens (including phenoxy) is 1. The Morgan fingerprint density at radius 3 is 2.50 bits per heavy atom. The van der Waals surface area contributed by atoms with E-state index in [4.69, 9.17) is 0 Å². The molecule has 2 heteroatoms. The highest BCUT2D eigenvalue weighted by Gasteiger charge is 2.05. The van der Waals surface area contributed by atoms with E-state index >= 15 is 0 Å². The quantitative estimate of drug-likeness (QED) is 0.456. The monoisotopic (exact) mass is 244 g/mol. The zero-order valence-corrected chi connectivity index (χ0v) is 11.5. The maximum atomic E-state index is 11.1. The molecule has 0 unspecified atom stereocenters. The number of carbonyl (C=O) groups is 1. The van der Waals surface area contributed by atoms with Crippen molar-refractivity contribution in [2.75, 3.05) is 7.11 Å². The molecule has 0 bridgehead atoms. The highest BCUT2D eigenvalue weighted by Crippen LogP contribution is 2.25. The van der Waals surface area contributed by atoms with E-state index in [0.29, 0.717) is 0 Å². The van der Waals surface area contributed by atoms with Crippen LogP contribution in [0, 0.1) is 6.92 Å². The summed E-state index contributed by atoms with van der Waals surface area (Å²) in [6, 6.07) is 8.28. The number of rotatable bonds is 4. The van der Waals surface area contributed by atoms with Crippen molar-refractivity contribution in [3.05, 3.63) is 53.1 Å². The second kappa shape index (κ2) is 6.80. The van der Waals surface area contributed by atoms with Gasteiger partial charge in [0.1, 0.15) is 0 Å². The van der Waals surface area contributed by atoms with Gasteiger partial charge >= 0.3 is 5.97 Å². The molecule has 0 aliphatic heterocycles. The zero-order chi connectivity index (χ0) is 13.5. The molecule has 0 atom stereocenters. The Kier molecular flexibility index (Phi) is 5.37. The summed E-state index contributed by atoms with van der Waals surface area (Å²) in [5.41, 5.74) is 4.85. The molecule has 1 rings (SSSR count). The highest BCUT2D eigenvalue weighted by atomic mass is 16.5. The van der Waals surface area contributed by atoms with E-state index in [9.17, 15) is 4.79 Å². The predicted molar refractivity (Wildman–Crippen MR) is 75.2 cm³/mol. The summed E-state index contributed by atoms with van der Waals surface area (Å²) in [5.74, 6) is -0.324. The molecule has 1 aromatic carbocycles. The Balaban J connectivity index is 3.12. The number of aryl methyl sites for hydroxylation is 1. The van der Waals surface area contributed by atoms with Crippen molar-refractivity contribution in [1.29, 1.82) is 0 Å². The average molecular weight is 244 g/mol. The van der Waals surface area contributed by atoms with E-state index in [0.717, 1.165) is 12.0 Å². The lowest BCUT2D eigenvalue weighted by molar-refractivity contribution is -0.134. The molecular weight excluding hydrogens is 224 g/mol. The first-order chi connectivity index (χ1) is 8.60. The molecule has 0 saturated carbocycles. The molecular formula is C16H20O2. The molecule has 0 radical (unpaired) electrons. The second-order valence-electron chi connectivity index (χ2n) is 4.19. The first kappa shape index (κ1) is 14.2. The van der Waals surface area contributed by atoms with E-state index in [1.54, 1.807) is 0 Å². The third kappa shape index (κ3) is 3.59. The number of carbonyl (C=O) groups excluding carboxylic acids is 1. The average Bonchev–Trinajstić information content (AvgIpc) is 2.39. The number of esters is 1. The highest BCUT2D eigenvalue weighted by molar-refractivity contribution is 5.83. The van der Waals surface area contributed by atoms with Crippen molar-refractivity contribution < 1.29 is 9.53 Å². The van der Waals surface area contributed by atoms with Crippen LogP contribution in [0.5, 0.6) is 0 Å². The summed E-state index contributed by atoms with van der Waals surface area (Å²) in [6.07, 6.45) is 4.21. The van der Waals surface area contributed by atoms with Gasteiger partial charge in [-0.05, 0) is 42.5 Å². The van der Waals surface area contributed by atoms with Gasteiger partial charge in [0.25, 0.3) is 0 Å². The smallest absolute Gasteiger partial charge is 0.330 e. The Labute approximate surface area is 109 Å². The van der Waals surface area contributed by atoms with Gasteiger partial charge in [0.2, 0.25) is 0 Å². The van der Waals surface area contributed by atoms with Crippen LogP contribution in [0.15, 0.2) is 42.0 Å². The van der Waals surface area contributed by atoms with Crippen molar-refractivity contribution in [2.45, 2.75) is 27.2 Å². The van der Waals surface area contributed by atoms with Crippen LogP contribution < -0.4 is 0 Å². The third-order valence-corrected chi connectivity index (χ3v) is 2.97. The zero-order valence-electron chi connectivity index (χ0n) is 11.5. The molecule has 96 valence electrons. The van der Waals surface area contributed by atoms with E-state index in [2.05, 4.69) is 30.7 Å². The van der Waals surface area contributed by atoms with Crippen molar-refractivity contribution in [2.24, 2.45) is 0 Å². The molecule has 0 N–H and O–H groups in total. The Hall–Kier alpha value is -1.83. The van der Waals surface area contributed by atoms with Gasteiger partial charge in [-0.25, -0.2) is 4.79 Å². The number of allylic oxidation sites excluding steroid dienone is 3. The van der Waals surface area contributed by atoms with Crippen LogP contribution in [0.2, 0.25) is 0 Å². The second-order valence-corrected chi connectivity index (χ2v) is 4.19. The van der Waals surface area contributed by atoms with Crippen molar-refractivity contribution in [3.63, 3.8) is 0 Å². The molecule has 0 aromatic heterocycles. The lowest BCUT2D eigenvalue weighted by Gasteiger charge is -2.11. The van der Waals surface area contributed by atoms with Crippen LogP contribution in [0.25, 0.3) is 5.57 Å². The van der Waals surface area contributed by atoms with Crippen molar-refractivity contribution >= 4 is 11.5 Å². The molecule has 0 saturated heterocycles. The Morgan fingerprint density at radius 1 is 1.28 bits per heavy atom. The SMILES string of the molecule is CC/C(=C(C)\C=C\C(=O)OC)c1ccccc1C. The van der Waals surface area contributed by atoms with Crippen LogP contribution in [-0.2, 0) is 9.53 Å². The maximum absolute atomic E-state index is 11.1. The van der Waals surface area contributed by atoms with Gasteiger partial charge < -0.3 is 4.74 Å². The lowest BCUT2D eigenvalue weighted by atomic mass is 9.94. The van der Waals surface area contributed by atoms with Crippen LogP contribution in [0.1, 0.15) is 31.4 Å². The maximum Gasteiger partial charge on any atom is 0.330 e. The molecule has 0 amide bonds. The van der Waals surface area contributed by atoms with E-state index in [-0.39, 0.29) is 5.97 Å². The van der Waals surface area contributed by atoms with Gasteiger partial charge in [0.05, 0.1) is 7.11 Å². The molecule has 18 heavy (non-hydrogen) atoms. The van der Waals surface area contributed by atoms with E-state index in [1.165, 1.54) is 29.9 Å². The topological polar surface area (TPSA) is 26.3 Å². The van der Waals surface area contributed by atoms with Gasteiger partial charge in [0, 0.05) is 6.08 Å². The molecule has 0 spiro atoms. The predicted octanol–water partition coefficient (Wildman–Crippen LogP) is 3.91. The van der Waals surface area contributed by atoms with Gasteiger partial charge in [-0.1, -0.05) is 37.3 Å². The van der Waals surface area contributed by atoms with Gasteiger partial charge in [-0.3, -0.25) is 0 Å². The van der Waals surface area contributed by atoms with Gasteiger partial charge in [0.15, 0.2) is 0 Å². The van der Waals surface area contributed by atoms with Gasteiger partial charge in [-0.15, -0.1) is 0 Å². The van der Waals surface area contributed by atoms with Crippen LogP contribution in [0.3, 0.4) is 0 Å². The first-order valence-electron chi connectivity index (χ1n) is 6.12. The van der Waals surface area contributed by atoms with Crippen LogP contribution in [0.4, 0.5) is 0 Å². The fourth-order valence-electron chi connectivity index (χ4n) is 1.95. The summed E-state index contributed by atoms with van der Waals surface area (Å²) in [6.45, 7) is 6.24. The van der Waals surface area contributed by atoms with Crippen LogP contribution in [-0.4, -0.2) is 13.1 Å². The molecule has 0 aliphatic rings. The summed E-state index contributed by atoms with van der Waals surface area (Å²) >= 11 is 0. The fourth-order valence-corrected chi connectivity index (χ4v) is 1.95. The summed E-state index contributed by atoms with van der Waals surface area (Å²) < 4.78 is 4.60. The number of hydrogen-bond acceptors (Lipinski definition) is 2. The number of benzene rings is 1. The molecule has 0 fully saturated rings. The summed E-state index contributed by atoms with van der Waals surface area (Å²) in [4.78, 5) is 11.1. The largest absolute Gasteiger partial charge is 0.466 e. The minimum Gasteiger partial charge on any atom is -0.466 e. The minimum atomic E-state index is -0.324. The fraction of sp³-hybridized carbons (Fsp3) is 0.312. The molecule has 0 aliphatic carbocycles. The number of methoxy groups -OCH3 is 1. The molecule has 1 aromatic rings. The molecule has 2 nitrogen and oxygen atoms in total. The standard InChI is InChI=1S/C16H20O2/c1-5-14(13(3)10-11-16(17)18-4)15-9-7-6-8-12(15)2/h6-11H,5H2,1-4H3/b11-10+,14-13+. The Morgan fingerprint density at radius 2 is 1.94 bits per heavy atom. The van der Waals surface area contributed by atoms with Crippen molar-refractivity contribution in [1.82, 2.24) is 0 Å². The van der Waals surface area contributed by atoms with E-state index < -0.39 is 0 Å². The first-order valence-corrected chi connectivity index (χ1v) is 6.12. The van der Waals surface area contributed by atoms with Crippen molar-refractivity contribution in [3.8, 4) is 0 Å². The van der Waals surface area contributed by atoms with Gasteiger partial charge in [-0.2, -0.15) is 0 Å². The van der Waals surface area contributed by atoms with Crippen LogP contribution >= 0.6 is 0 Å². The van der Waals surface area contributed by atoms with E-state index in [1.807, 2.05) is 25.1 Å². The number of hydrogen-bond donors (Lipinski definition) is 0. The third-order valence-electron chi connectivity index (χ3n) is 2.97. The normalized spacial score (nSPS) is 12.4. The minimum absolute atomic E-state index is 0.324. The summed E-state index contributed by atoms with van der Waals surface area (Å²) in [5, 5.41) is 0. The lowest BCUT2D eigenvalue weighted by Crippen LogP contribution is -1.95. The molecule has 0 heterocycles. The Bertz CT molecular complexity index is 482. The summed E-state index contributed by atoms with van der Waals surface area (Å²) in [7, 11) is 1.38.